The lowest BCUT2D eigenvalue weighted by Crippen LogP contribution is -2.37. The highest BCUT2D eigenvalue weighted by Gasteiger charge is 2.65. The topological polar surface area (TPSA) is 112 Å². The minimum atomic E-state index is -1.52. The molecule has 188 valence electrons. The van der Waals surface area contributed by atoms with Gasteiger partial charge in [-0.25, -0.2) is 8.78 Å². The van der Waals surface area contributed by atoms with E-state index in [1.54, 1.807) is 35.3 Å². The summed E-state index contributed by atoms with van der Waals surface area (Å²) in [5.41, 5.74) is 6.27. The predicted octanol–water partition coefficient (Wildman–Crippen LogP) is 4.63. The van der Waals surface area contributed by atoms with Gasteiger partial charge in [0.25, 0.3) is 0 Å². The van der Waals surface area contributed by atoms with Crippen LogP contribution in [0.4, 0.5) is 14.5 Å². The van der Waals surface area contributed by atoms with Crippen LogP contribution in [0, 0.1) is 17.0 Å². The number of halogens is 2. The third-order valence-electron chi connectivity index (χ3n) is 6.48. The number of nitrogens with one attached hydrogen (secondary N) is 1. The van der Waals surface area contributed by atoms with E-state index < -0.39 is 34.8 Å². The molecule has 1 aliphatic carbocycles. The molecule has 5 rings (SSSR count). The molecule has 0 bridgehead atoms. The van der Waals surface area contributed by atoms with Crippen LogP contribution < -0.4 is 15.8 Å². The van der Waals surface area contributed by atoms with E-state index >= 15 is 4.39 Å². The second-order valence-corrected chi connectivity index (χ2v) is 8.81. The number of nitrogens with two attached hydrogens (primary N) is 1. The van der Waals surface area contributed by atoms with Crippen molar-refractivity contribution in [3.8, 4) is 22.8 Å². The van der Waals surface area contributed by atoms with Gasteiger partial charge in [-0.05, 0) is 61.4 Å². The van der Waals surface area contributed by atoms with Crippen LogP contribution in [-0.4, -0.2) is 26.6 Å². The number of carbonyl (C=O) groups excluding carboxylic acids is 2. The lowest BCUT2D eigenvalue weighted by molar-refractivity contribution is -0.132. The van der Waals surface area contributed by atoms with Crippen molar-refractivity contribution < 1.29 is 23.1 Å². The number of carbonyl (C=O) groups is 2. The van der Waals surface area contributed by atoms with E-state index in [0.717, 1.165) is 12.1 Å². The van der Waals surface area contributed by atoms with Gasteiger partial charge in [-0.3, -0.25) is 19.3 Å². The molecule has 4 aromatic rings. The first-order valence-corrected chi connectivity index (χ1v) is 11.6. The van der Waals surface area contributed by atoms with E-state index in [-0.39, 0.29) is 12.2 Å². The molecular formula is C27H23F2N5O3. The summed E-state index contributed by atoms with van der Waals surface area (Å²) < 4.78 is 35.7. The summed E-state index contributed by atoms with van der Waals surface area (Å²) in [4.78, 5) is 29.5. The molecule has 0 radical (unpaired) electrons. The molecule has 0 spiro atoms. The van der Waals surface area contributed by atoms with E-state index in [0.29, 0.717) is 22.7 Å². The molecule has 2 aromatic heterocycles. The van der Waals surface area contributed by atoms with Gasteiger partial charge in [-0.2, -0.15) is 5.10 Å². The van der Waals surface area contributed by atoms with Gasteiger partial charge in [0.2, 0.25) is 11.8 Å². The standard InChI is InChI=1S/C27H23F2N5O3/c1-2-34-15-17(14-32-34)23-12-20(9-10-31-23)37-24-8-3-16(11-22(24)29)21-13-27(21,25(30)35)26(36)33-19-6-4-18(28)5-7-19/h3-12,14-15,21H,2,13H2,1H3,(H2,30,35)(H,33,36). The van der Waals surface area contributed by atoms with Crippen LogP contribution in [0.1, 0.15) is 24.8 Å². The van der Waals surface area contributed by atoms with Crippen molar-refractivity contribution in [1.29, 1.82) is 0 Å². The summed E-state index contributed by atoms with van der Waals surface area (Å²) in [5, 5.41) is 6.83. The number of rotatable bonds is 8. The van der Waals surface area contributed by atoms with Crippen molar-refractivity contribution in [3.05, 3.63) is 90.4 Å². The maximum Gasteiger partial charge on any atom is 0.240 e. The van der Waals surface area contributed by atoms with Gasteiger partial charge in [0, 0.05) is 42.2 Å². The van der Waals surface area contributed by atoms with Crippen molar-refractivity contribution >= 4 is 17.5 Å². The lowest BCUT2D eigenvalue weighted by Gasteiger charge is -2.15. The zero-order valence-corrected chi connectivity index (χ0v) is 19.8. The van der Waals surface area contributed by atoms with Gasteiger partial charge in [-0.1, -0.05) is 6.07 Å². The Hall–Kier alpha value is -4.60. The second-order valence-electron chi connectivity index (χ2n) is 8.81. The molecule has 3 N–H and O–H groups in total. The highest BCUT2D eigenvalue weighted by atomic mass is 19.1. The third kappa shape index (κ3) is 4.65. The normalized spacial score (nSPS) is 18.3. The smallest absolute Gasteiger partial charge is 0.240 e. The summed E-state index contributed by atoms with van der Waals surface area (Å²) in [6, 6.07) is 12.7. The first-order chi connectivity index (χ1) is 17.8. The monoisotopic (exact) mass is 503 g/mol. The van der Waals surface area contributed by atoms with Crippen LogP contribution in [0.15, 0.2) is 73.2 Å². The Morgan fingerprint density at radius 3 is 2.62 bits per heavy atom. The molecule has 0 saturated heterocycles. The molecule has 2 amide bonds. The SMILES string of the molecule is CCn1cc(-c2cc(Oc3ccc(C4CC4(C(N)=O)C(=O)Nc4ccc(F)cc4)cc3F)ccn2)cn1. The van der Waals surface area contributed by atoms with Crippen LogP contribution in [0.3, 0.4) is 0 Å². The Balaban J connectivity index is 1.32. The number of primary amides is 1. The highest BCUT2D eigenvalue weighted by molar-refractivity contribution is 6.14. The summed E-state index contributed by atoms with van der Waals surface area (Å²) in [5.74, 6) is -2.78. The van der Waals surface area contributed by atoms with Crippen LogP contribution in [0.2, 0.25) is 0 Å². The predicted molar refractivity (Wildman–Crippen MR) is 132 cm³/mol. The van der Waals surface area contributed by atoms with E-state index in [9.17, 15) is 14.0 Å². The number of hydrogen-bond donors (Lipinski definition) is 2. The minimum Gasteiger partial charge on any atom is -0.454 e. The number of aromatic nitrogens is 3. The van der Waals surface area contributed by atoms with Crippen molar-refractivity contribution in [3.63, 3.8) is 0 Å². The second kappa shape index (κ2) is 9.45. The van der Waals surface area contributed by atoms with E-state index in [1.807, 2.05) is 13.1 Å². The number of anilines is 1. The molecule has 2 aromatic carbocycles. The zero-order valence-electron chi connectivity index (χ0n) is 19.8. The molecule has 8 nitrogen and oxygen atoms in total. The van der Waals surface area contributed by atoms with E-state index in [1.165, 1.54) is 36.4 Å². The van der Waals surface area contributed by atoms with Crippen molar-refractivity contribution in [2.24, 2.45) is 11.1 Å². The van der Waals surface area contributed by atoms with Crippen molar-refractivity contribution in [2.75, 3.05) is 5.32 Å². The summed E-state index contributed by atoms with van der Waals surface area (Å²) in [7, 11) is 0. The van der Waals surface area contributed by atoms with Crippen molar-refractivity contribution in [2.45, 2.75) is 25.8 Å². The fourth-order valence-corrected chi connectivity index (χ4v) is 4.32. The van der Waals surface area contributed by atoms with Crippen LogP contribution in [-0.2, 0) is 16.1 Å². The number of benzene rings is 2. The zero-order chi connectivity index (χ0) is 26.2. The fourth-order valence-electron chi connectivity index (χ4n) is 4.32. The molecule has 0 aliphatic heterocycles. The average molecular weight is 504 g/mol. The van der Waals surface area contributed by atoms with Crippen LogP contribution in [0.25, 0.3) is 11.3 Å². The highest BCUT2D eigenvalue weighted by Crippen LogP contribution is 2.60. The molecule has 2 heterocycles. The van der Waals surface area contributed by atoms with E-state index in [4.69, 9.17) is 10.5 Å². The lowest BCUT2D eigenvalue weighted by atomic mass is 9.97. The number of nitrogens with zero attached hydrogens (tertiary/aromatic N) is 3. The van der Waals surface area contributed by atoms with Crippen molar-refractivity contribution in [1.82, 2.24) is 14.8 Å². The molecule has 2 unspecified atom stereocenters. The van der Waals surface area contributed by atoms with Gasteiger partial charge in [0.1, 0.15) is 17.0 Å². The van der Waals surface area contributed by atoms with Crippen LogP contribution >= 0.6 is 0 Å². The van der Waals surface area contributed by atoms with Gasteiger partial charge in [0.05, 0.1) is 11.9 Å². The molecule has 1 saturated carbocycles. The Labute approximate surface area is 211 Å². The summed E-state index contributed by atoms with van der Waals surface area (Å²) in [6.45, 7) is 2.70. The molecule has 10 heteroatoms. The summed E-state index contributed by atoms with van der Waals surface area (Å²) in [6.07, 6.45) is 5.24. The number of ether oxygens (including phenoxy) is 1. The molecule has 1 fully saturated rings. The maximum absolute atomic E-state index is 15.0. The van der Waals surface area contributed by atoms with E-state index in [2.05, 4.69) is 15.4 Å². The summed E-state index contributed by atoms with van der Waals surface area (Å²) >= 11 is 0. The Kier molecular flexibility index (Phi) is 6.16. The first kappa shape index (κ1) is 24.1. The third-order valence-corrected chi connectivity index (χ3v) is 6.48. The number of amides is 2. The van der Waals surface area contributed by atoms with Gasteiger partial charge >= 0.3 is 0 Å². The number of pyridine rings is 1. The molecular weight excluding hydrogens is 480 g/mol. The Morgan fingerprint density at radius 2 is 1.95 bits per heavy atom. The average Bonchev–Trinajstić information content (AvgIpc) is 3.48. The minimum absolute atomic E-state index is 0.0220. The maximum atomic E-state index is 15.0. The molecule has 2 atom stereocenters. The number of hydrogen-bond acceptors (Lipinski definition) is 5. The quantitative estimate of drug-likeness (QED) is 0.341. The Morgan fingerprint density at radius 1 is 1.16 bits per heavy atom. The van der Waals surface area contributed by atoms with Crippen LogP contribution in [0.5, 0.6) is 11.5 Å². The molecule has 37 heavy (non-hydrogen) atoms. The van der Waals surface area contributed by atoms with Gasteiger partial charge in [-0.15, -0.1) is 0 Å². The van der Waals surface area contributed by atoms with Gasteiger partial charge in [0.15, 0.2) is 11.6 Å². The fraction of sp³-hybridized carbons (Fsp3) is 0.185. The first-order valence-electron chi connectivity index (χ1n) is 11.6. The molecule has 1 aliphatic rings. The Bertz CT molecular complexity index is 1490. The number of aryl methyl sites for hydroxylation is 1. The van der Waals surface area contributed by atoms with Gasteiger partial charge < -0.3 is 15.8 Å². The largest absolute Gasteiger partial charge is 0.454 e.